The third-order valence-electron chi connectivity index (χ3n) is 4.95. The first-order valence-electron chi connectivity index (χ1n) is 8.42. The van der Waals surface area contributed by atoms with Gasteiger partial charge in [0.15, 0.2) is 0 Å². The minimum Gasteiger partial charge on any atom is -0.368 e. The summed E-state index contributed by atoms with van der Waals surface area (Å²) in [6.07, 6.45) is 3.95. The highest BCUT2D eigenvalue weighted by molar-refractivity contribution is 5.75. The molecule has 0 spiro atoms. The largest absolute Gasteiger partial charge is 0.368 e. The van der Waals surface area contributed by atoms with Gasteiger partial charge in [0.2, 0.25) is 5.95 Å². The highest BCUT2D eigenvalue weighted by Crippen LogP contribution is 2.27. The standard InChI is InChI=1S/C18H22N6/c1-23-16-5-3-2-4-15(16)21-17(23)12-24-10-7-13(8-11-24)14-6-9-20-18(19)22-14/h2-6,9,13H,7-8,10-12H2,1H3,(H2,19,20,22). The van der Waals surface area contributed by atoms with Crippen LogP contribution in [0.25, 0.3) is 11.0 Å². The van der Waals surface area contributed by atoms with E-state index in [0.717, 1.165) is 49.5 Å². The number of nitrogen functional groups attached to an aromatic ring is 1. The van der Waals surface area contributed by atoms with E-state index in [9.17, 15) is 0 Å². The number of hydrogen-bond acceptors (Lipinski definition) is 5. The van der Waals surface area contributed by atoms with Crippen LogP contribution >= 0.6 is 0 Å². The normalized spacial score (nSPS) is 16.7. The van der Waals surface area contributed by atoms with E-state index >= 15 is 0 Å². The lowest BCUT2D eigenvalue weighted by atomic mass is 9.93. The molecule has 0 aliphatic carbocycles. The lowest BCUT2D eigenvalue weighted by Gasteiger charge is -2.31. The van der Waals surface area contributed by atoms with Gasteiger partial charge in [-0.3, -0.25) is 4.90 Å². The molecular weight excluding hydrogens is 300 g/mol. The van der Waals surface area contributed by atoms with Crippen LogP contribution in [-0.4, -0.2) is 37.5 Å². The van der Waals surface area contributed by atoms with Crippen molar-refractivity contribution in [2.24, 2.45) is 7.05 Å². The molecule has 0 amide bonds. The van der Waals surface area contributed by atoms with Crippen LogP contribution in [0.5, 0.6) is 0 Å². The number of likely N-dealkylation sites (tertiary alicyclic amines) is 1. The minimum atomic E-state index is 0.370. The summed E-state index contributed by atoms with van der Waals surface area (Å²) in [4.78, 5) is 15.6. The average molecular weight is 322 g/mol. The van der Waals surface area contributed by atoms with Gasteiger partial charge in [0, 0.05) is 24.9 Å². The van der Waals surface area contributed by atoms with Crippen molar-refractivity contribution in [1.29, 1.82) is 0 Å². The summed E-state index contributed by atoms with van der Waals surface area (Å²) < 4.78 is 2.20. The van der Waals surface area contributed by atoms with Gasteiger partial charge in [0.05, 0.1) is 17.6 Å². The van der Waals surface area contributed by atoms with Gasteiger partial charge in [-0.25, -0.2) is 15.0 Å². The number of piperidine rings is 1. The molecule has 6 heteroatoms. The number of benzene rings is 1. The minimum absolute atomic E-state index is 0.370. The predicted molar refractivity (Wildman–Crippen MR) is 94.4 cm³/mol. The van der Waals surface area contributed by atoms with Crippen molar-refractivity contribution < 1.29 is 0 Å². The van der Waals surface area contributed by atoms with Crippen LogP contribution in [0.4, 0.5) is 5.95 Å². The topological polar surface area (TPSA) is 72.9 Å². The molecule has 1 saturated heterocycles. The molecule has 0 saturated carbocycles. The van der Waals surface area contributed by atoms with Crippen LogP contribution in [0, 0.1) is 0 Å². The molecule has 2 aromatic heterocycles. The second-order valence-electron chi connectivity index (χ2n) is 6.47. The second kappa shape index (κ2) is 6.20. The maximum absolute atomic E-state index is 5.70. The van der Waals surface area contributed by atoms with Gasteiger partial charge >= 0.3 is 0 Å². The first-order valence-corrected chi connectivity index (χ1v) is 8.42. The summed E-state index contributed by atoms with van der Waals surface area (Å²) in [6.45, 7) is 3.00. The fourth-order valence-corrected chi connectivity index (χ4v) is 3.54. The highest BCUT2D eigenvalue weighted by Gasteiger charge is 2.23. The Labute approximate surface area is 141 Å². The number of rotatable bonds is 3. The van der Waals surface area contributed by atoms with Gasteiger partial charge < -0.3 is 10.3 Å². The number of nitrogens with zero attached hydrogens (tertiary/aromatic N) is 5. The molecule has 0 bridgehead atoms. The Morgan fingerprint density at radius 2 is 1.92 bits per heavy atom. The monoisotopic (exact) mass is 322 g/mol. The van der Waals surface area contributed by atoms with Crippen molar-refractivity contribution in [3.05, 3.63) is 48.0 Å². The molecular formula is C18H22N6. The number of para-hydroxylation sites is 2. The summed E-state index contributed by atoms with van der Waals surface area (Å²) in [5, 5.41) is 0. The predicted octanol–water partition coefficient (Wildman–Crippen LogP) is 2.33. The smallest absolute Gasteiger partial charge is 0.220 e. The summed E-state index contributed by atoms with van der Waals surface area (Å²) in [6, 6.07) is 10.3. The summed E-state index contributed by atoms with van der Waals surface area (Å²) in [5.74, 6) is 1.97. The zero-order chi connectivity index (χ0) is 16.5. The average Bonchev–Trinajstić information content (AvgIpc) is 2.92. The van der Waals surface area contributed by atoms with Crippen molar-refractivity contribution in [3.63, 3.8) is 0 Å². The Morgan fingerprint density at radius 3 is 2.67 bits per heavy atom. The molecule has 0 radical (unpaired) electrons. The Kier molecular flexibility index (Phi) is 3.90. The van der Waals surface area contributed by atoms with Gasteiger partial charge in [0.1, 0.15) is 5.82 Å². The molecule has 0 unspecified atom stereocenters. The van der Waals surface area contributed by atoms with E-state index in [1.807, 2.05) is 12.1 Å². The number of aromatic nitrogens is 4. The first-order chi connectivity index (χ1) is 11.7. The molecule has 24 heavy (non-hydrogen) atoms. The lowest BCUT2D eigenvalue weighted by molar-refractivity contribution is 0.197. The first kappa shape index (κ1) is 15.1. The maximum Gasteiger partial charge on any atom is 0.220 e. The van der Waals surface area contributed by atoms with Gasteiger partial charge in [-0.15, -0.1) is 0 Å². The summed E-state index contributed by atoms with van der Waals surface area (Å²) >= 11 is 0. The van der Waals surface area contributed by atoms with Crippen LogP contribution in [0.15, 0.2) is 36.5 Å². The molecule has 1 aliphatic rings. The lowest BCUT2D eigenvalue weighted by Crippen LogP contribution is -2.33. The maximum atomic E-state index is 5.70. The van der Waals surface area contributed by atoms with Crippen LogP contribution in [-0.2, 0) is 13.6 Å². The fraction of sp³-hybridized carbons (Fsp3) is 0.389. The second-order valence-corrected chi connectivity index (χ2v) is 6.47. The number of nitrogens with two attached hydrogens (primary N) is 1. The van der Waals surface area contributed by atoms with Crippen LogP contribution in [0.3, 0.4) is 0 Å². The molecule has 3 aromatic rings. The zero-order valence-electron chi connectivity index (χ0n) is 13.9. The molecule has 3 heterocycles. The zero-order valence-corrected chi connectivity index (χ0v) is 13.9. The fourth-order valence-electron chi connectivity index (χ4n) is 3.54. The van der Waals surface area contributed by atoms with Gasteiger partial charge in [-0.05, 0) is 44.1 Å². The Morgan fingerprint density at radius 1 is 1.12 bits per heavy atom. The summed E-state index contributed by atoms with van der Waals surface area (Å²) in [7, 11) is 2.10. The number of hydrogen-bond donors (Lipinski definition) is 1. The number of fused-ring (bicyclic) bond motifs is 1. The van der Waals surface area contributed by atoms with E-state index < -0.39 is 0 Å². The summed E-state index contributed by atoms with van der Waals surface area (Å²) in [5.41, 5.74) is 9.04. The van der Waals surface area contributed by atoms with Crippen molar-refractivity contribution in [2.75, 3.05) is 18.8 Å². The number of anilines is 1. The van der Waals surface area contributed by atoms with Crippen molar-refractivity contribution in [1.82, 2.24) is 24.4 Å². The van der Waals surface area contributed by atoms with E-state index in [4.69, 9.17) is 10.7 Å². The van der Waals surface area contributed by atoms with Crippen molar-refractivity contribution in [2.45, 2.75) is 25.3 Å². The van der Waals surface area contributed by atoms with Gasteiger partial charge in [-0.2, -0.15) is 0 Å². The van der Waals surface area contributed by atoms with Crippen LogP contribution in [0.2, 0.25) is 0 Å². The molecule has 1 aliphatic heterocycles. The van der Waals surface area contributed by atoms with Gasteiger partial charge in [0.25, 0.3) is 0 Å². The molecule has 1 fully saturated rings. The van der Waals surface area contributed by atoms with Crippen LogP contribution < -0.4 is 5.73 Å². The SMILES string of the molecule is Cn1c(CN2CCC(c3ccnc(N)n3)CC2)nc2ccccc21. The Bertz CT molecular complexity index is 848. The third-order valence-corrected chi connectivity index (χ3v) is 4.95. The van der Waals surface area contributed by atoms with E-state index in [-0.39, 0.29) is 0 Å². The van der Waals surface area contributed by atoms with Crippen molar-refractivity contribution in [3.8, 4) is 0 Å². The van der Waals surface area contributed by atoms with E-state index in [1.165, 1.54) is 5.52 Å². The molecule has 6 nitrogen and oxygen atoms in total. The quantitative estimate of drug-likeness (QED) is 0.801. The number of imidazole rings is 1. The van der Waals surface area contributed by atoms with E-state index in [2.05, 4.69) is 44.7 Å². The molecule has 0 atom stereocenters. The van der Waals surface area contributed by atoms with E-state index in [1.54, 1.807) is 6.20 Å². The van der Waals surface area contributed by atoms with E-state index in [0.29, 0.717) is 11.9 Å². The molecule has 2 N–H and O–H groups in total. The molecule has 1 aromatic carbocycles. The Balaban J connectivity index is 1.43. The number of aryl methyl sites for hydroxylation is 1. The highest BCUT2D eigenvalue weighted by atomic mass is 15.2. The van der Waals surface area contributed by atoms with Crippen molar-refractivity contribution >= 4 is 17.0 Å². The third kappa shape index (κ3) is 2.85. The van der Waals surface area contributed by atoms with Gasteiger partial charge in [-0.1, -0.05) is 12.1 Å². The molecule has 4 rings (SSSR count). The molecule has 124 valence electrons. The Hall–Kier alpha value is -2.47. The van der Waals surface area contributed by atoms with Crippen LogP contribution in [0.1, 0.15) is 30.3 Å².